The zero-order valence-electron chi connectivity index (χ0n) is 12.6. The van der Waals surface area contributed by atoms with Crippen molar-refractivity contribution in [2.24, 2.45) is 5.92 Å². The van der Waals surface area contributed by atoms with E-state index in [0.29, 0.717) is 11.8 Å². The van der Waals surface area contributed by atoms with Crippen LogP contribution < -0.4 is 4.74 Å². The molecular formula is C17H20N4O. The van der Waals surface area contributed by atoms with E-state index in [1.165, 1.54) is 25.9 Å². The zero-order chi connectivity index (χ0) is 14.8. The van der Waals surface area contributed by atoms with Crippen LogP contribution in [0.2, 0.25) is 0 Å². The molecule has 2 aliphatic heterocycles. The van der Waals surface area contributed by atoms with Crippen molar-refractivity contribution in [3.8, 4) is 17.1 Å². The Kier molecular flexibility index (Phi) is 3.72. The third kappa shape index (κ3) is 2.81. The zero-order valence-corrected chi connectivity index (χ0v) is 12.6. The summed E-state index contributed by atoms with van der Waals surface area (Å²) in [6.45, 7) is 3.57. The van der Waals surface area contributed by atoms with E-state index in [9.17, 15) is 0 Å². The van der Waals surface area contributed by atoms with Crippen molar-refractivity contribution in [2.75, 3.05) is 19.6 Å². The van der Waals surface area contributed by atoms with Crippen LogP contribution in [0.5, 0.6) is 5.88 Å². The quantitative estimate of drug-likeness (QED) is 0.870. The molecule has 5 nitrogen and oxygen atoms in total. The number of pyridine rings is 1. The number of fused-ring (bicyclic) bond motifs is 2. The number of nitrogens with zero attached hydrogens (tertiary/aromatic N) is 4. The summed E-state index contributed by atoms with van der Waals surface area (Å²) < 4.78 is 6.21. The maximum absolute atomic E-state index is 6.21. The van der Waals surface area contributed by atoms with Gasteiger partial charge in [0.1, 0.15) is 12.4 Å². The Bertz CT molecular complexity index is 634. The van der Waals surface area contributed by atoms with Gasteiger partial charge in [-0.15, -0.1) is 0 Å². The normalized spacial score (nSPS) is 27.4. The van der Waals surface area contributed by atoms with Gasteiger partial charge in [-0.2, -0.15) is 0 Å². The molecule has 2 aliphatic rings. The fourth-order valence-electron chi connectivity index (χ4n) is 3.54. The van der Waals surface area contributed by atoms with Crippen molar-refractivity contribution < 1.29 is 4.74 Å². The average molecular weight is 296 g/mol. The first kappa shape index (κ1) is 13.6. The molecule has 0 amide bonds. The van der Waals surface area contributed by atoms with Gasteiger partial charge in [-0.25, -0.2) is 9.97 Å². The van der Waals surface area contributed by atoms with Gasteiger partial charge in [-0.1, -0.05) is 0 Å². The molecule has 0 spiro atoms. The van der Waals surface area contributed by atoms with Gasteiger partial charge in [0.2, 0.25) is 5.88 Å². The standard InChI is InChI=1S/C17H20N4O/c1-2-14-11-21(8-1)9-5-16(14)22-17-10-15(19-12-20-17)13-3-6-18-7-4-13/h3-4,6-7,10,12,14,16H,1-2,5,8-9,11H2/t14?,16-/m0/s1. The van der Waals surface area contributed by atoms with Crippen LogP contribution in [0.1, 0.15) is 19.3 Å². The predicted octanol–water partition coefficient (Wildman–Crippen LogP) is 2.40. The largest absolute Gasteiger partial charge is 0.474 e. The van der Waals surface area contributed by atoms with E-state index in [1.54, 1.807) is 18.7 Å². The van der Waals surface area contributed by atoms with Gasteiger partial charge in [0.05, 0.1) is 5.69 Å². The van der Waals surface area contributed by atoms with Crippen molar-refractivity contribution in [2.45, 2.75) is 25.4 Å². The molecule has 5 heteroatoms. The third-order valence-electron chi connectivity index (χ3n) is 4.69. The van der Waals surface area contributed by atoms with Crippen molar-refractivity contribution in [1.82, 2.24) is 19.9 Å². The van der Waals surface area contributed by atoms with Gasteiger partial charge in [-0.05, 0) is 37.9 Å². The summed E-state index contributed by atoms with van der Waals surface area (Å²) in [4.78, 5) is 15.2. The molecule has 2 aromatic heterocycles. The second kappa shape index (κ2) is 6.01. The van der Waals surface area contributed by atoms with Crippen LogP contribution >= 0.6 is 0 Å². The van der Waals surface area contributed by atoms with Gasteiger partial charge in [0, 0.05) is 43.0 Å². The first-order valence-electron chi connectivity index (χ1n) is 8.00. The lowest BCUT2D eigenvalue weighted by Crippen LogP contribution is -2.49. The fraction of sp³-hybridized carbons (Fsp3) is 0.471. The number of ether oxygens (including phenoxy) is 1. The van der Waals surface area contributed by atoms with Crippen LogP contribution in [0.3, 0.4) is 0 Å². The lowest BCUT2D eigenvalue weighted by molar-refractivity contribution is 0.0128. The maximum atomic E-state index is 6.21. The molecule has 2 unspecified atom stereocenters. The number of hydrogen-bond donors (Lipinski definition) is 0. The fourth-order valence-corrected chi connectivity index (χ4v) is 3.54. The Morgan fingerprint density at radius 3 is 2.91 bits per heavy atom. The molecule has 3 atom stereocenters. The molecule has 0 aromatic carbocycles. The number of piperidine rings is 2. The first-order valence-corrected chi connectivity index (χ1v) is 8.00. The minimum Gasteiger partial charge on any atom is -0.474 e. The van der Waals surface area contributed by atoms with E-state index in [-0.39, 0.29) is 6.10 Å². The van der Waals surface area contributed by atoms with Crippen molar-refractivity contribution in [3.05, 3.63) is 36.9 Å². The predicted molar refractivity (Wildman–Crippen MR) is 83.5 cm³/mol. The van der Waals surface area contributed by atoms with E-state index in [4.69, 9.17) is 4.74 Å². The van der Waals surface area contributed by atoms with E-state index < -0.39 is 0 Å². The van der Waals surface area contributed by atoms with Crippen molar-refractivity contribution in [3.63, 3.8) is 0 Å². The average Bonchev–Trinajstić information content (AvgIpc) is 2.59. The topological polar surface area (TPSA) is 51.1 Å². The SMILES string of the molecule is c1cc(-c2cc(O[C@H]3CCN4CCCC3C4)ncn2)ccn1. The summed E-state index contributed by atoms with van der Waals surface area (Å²) in [5.74, 6) is 1.33. The van der Waals surface area contributed by atoms with Crippen molar-refractivity contribution >= 4 is 0 Å². The van der Waals surface area contributed by atoms with Crippen LogP contribution in [0.25, 0.3) is 11.3 Å². The molecule has 0 N–H and O–H groups in total. The van der Waals surface area contributed by atoms with E-state index in [2.05, 4.69) is 19.9 Å². The molecule has 4 heterocycles. The van der Waals surface area contributed by atoms with E-state index in [0.717, 1.165) is 24.2 Å². The first-order chi connectivity index (χ1) is 10.9. The lowest BCUT2D eigenvalue weighted by Gasteiger charge is -2.42. The van der Waals surface area contributed by atoms with Crippen LogP contribution in [-0.2, 0) is 0 Å². The van der Waals surface area contributed by atoms with Crippen LogP contribution in [-0.4, -0.2) is 45.6 Å². The van der Waals surface area contributed by atoms with Crippen LogP contribution in [0, 0.1) is 5.92 Å². The highest BCUT2D eigenvalue weighted by Crippen LogP contribution is 2.30. The summed E-state index contributed by atoms with van der Waals surface area (Å²) in [5.41, 5.74) is 1.92. The highest BCUT2D eigenvalue weighted by Gasteiger charge is 2.33. The molecule has 0 radical (unpaired) electrons. The summed E-state index contributed by atoms with van der Waals surface area (Å²) in [5, 5.41) is 0. The Labute approximate surface area is 130 Å². The van der Waals surface area contributed by atoms with Gasteiger partial charge < -0.3 is 9.64 Å². The number of rotatable bonds is 3. The number of hydrogen-bond acceptors (Lipinski definition) is 5. The van der Waals surface area contributed by atoms with Gasteiger partial charge in [-0.3, -0.25) is 4.98 Å². The minimum atomic E-state index is 0.289. The molecule has 0 aliphatic carbocycles. The molecule has 22 heavy (non-hydrogen) atoms. The Morgan fingerprint density at radius 1 is 1.09 bits per heavy atom. The Hall–Kier alpha value is -2.01. The lowest BCUT2D eigenvalue weighted by atomic mass is 9.87. The highest BCUT2D eigenvalue weighted by molar-refractivity contribution is 5.58. The summed E-state index contributed by atoms with van der Waals surface area (Å²) >= 11 is 0. The third-order valence-corrected chi connectivity index (χ3v) is 4.69. The van der Waals surface area contributed by atoms with Gasteiger partial charge in [0.25, 0.3) is 0 Å². The second-order valence-electron chi connectivity index (χ2n) is 6.13. The Morgan fingerprint density at radius 2 is 2.00 bits per heavy atom. The summed E-state index contributed by atoms with van der Waals surface area (Å²) in [6, 6.07) is 5.84. The number of aromatic nitrogens is 3. The monoisotopic (exact) mass is 296 g/mol. The molecular weight excluding hydrogens is 276 g/mol. The second-order valence-corrected chi connectivity index (χ2v) is 6.13. The van der Waals surface area contributed by atoms with E-state index in [1.807, 2.05) is 18.2 Å². The van der Waals surface area contributed by atoms with Crippen LogP contribution in [0.15, 0.2) is 36.9 Å². The smallest absolute Gasteiger partial charge is 0.217 e. The maximum Gasteiger partial charge on any atom is 0.217 e. The Balaban J connectivity index is 1.51. The molecule has 2 saturated heterocycles. The van der Waals surface area contributed by atoms with Gasteiger partial charge in [0.15, 0.2) is 0 Å². The highest BCUT2D eigenvalue weighted by atomic mass is 16.5. The minimum absolute atomic E-state index is 0.289. The molecule has 2 aromatic rings. The van der Waals surface area contributed by atoms with Gasteiger partial charge >= 0.3 is 0 Å². The molecule has 0 saturated carbocycles. The molecule has 2 fully saturated rings. The summed E-state index contributed by atoms with van der Waals surface area (Å²) in [7, 11) is 0. The molecule has 2 bridgehead atoms. The molecule has 114 valence electrons. The van der Waals surface area contributed by atoms with Crippen LogP contribution in [0.4, 0.5) is 0 Å². The summed E-state index contributed by atoms with van der Waals surface area (Å²) in [6.07, 6.45) is 9.07. The van der Waals surface area contributed by atoms with Crippen molar-refractivity contribution in [1.29, 1.82) is 0 Å². The molecule has 4 rings (SSSR count). The van der Waals surface area contributed by atoms with E-state index >= 15 is 0 Å².